The molecule has 0 aliphatic carbocycles. The van der Waals surface area contributed by atoms with Crippen LogP contribution in [0.5, 0.6) is 0 Å². The van der Waals surface area contributed by atoms with Crippen LogP contribution in [0, 0.1) is 5.92 Å². The third-order valence-electron chi connectivity index (χ3n) is 3.37. The van der Waals surface area contributed by atoms with E-state index in [1.165, 1.54) is 12.1 Å². The minimum atomic E-state index is 0.361. The van der Waals surface area contributed by atoms with Crippen molar-refractivity contribution in [2.45, 2.75) is 39.7 Å². The highest BCUT2D eigenvalue weighted by Gasteiger charge is 2.08. The Kier molecular flexibility index (Phi) is 6.13. The van der Waals surface area contributed by atoms with Gasteiger partial charge in [-0.3, -0.25) is 4.98 Å². The normalized spacial score (nSPS) is 12.8. The van der Waals surface area contributed by atoms with E-state index in [1.807, 2.05) is 13.2 Å². The summed E-state index contributed by atoms with van der Waals surface area (Å²) in [6.07, 6.45) is 4.26. The second kappa shape index (κ2) is 7.37. The van der Waals surface area contributed by atoms with Gasteiger partial charge in [0.2, 0.25) is 0 Å². The molecule has 0 spiro atoms. The molecule has 0 aromatic carbocycles. The smallest absolute Gasteiger partial charge is 0.0574 e. The average molecular weight is 249 g/mol. The maximum absolute atomic E-state index is 4.56. The second-order valence-electron chi connectivity index (χ2n) is 5.29. The van der Waals surface area contributed by atoms with Crippen LogP contribution in [-0.2, 0) is 0 Å². The maximum atomic E-state index is 4.56. The van der Waals surface area contributed by atoms with E-state index in [2.05, 4.69) is 55.2 Å². The van der Waals surface area contributed by atoms with Crippen LogP contribution in [0.3, 0.4) is 0 Å². The van der Waals surface area contributed by atoms with Gasteiger partial charge in [-0.25, -0.2) is 0 Å². The number of aromatic nitrogens is 1. The molecule has 102 valence electrons. The molecule has 0 radical (unpaired) electrons. The number of nitrogens with one attached hydrogen (secondary N) is 1. The van der Waals surface area contributed by atoms with Crippen molar-refractivity contribution >= 4 is 5.69 Å². The standard InChI is InChI=1S/C15H27N3/c1-6-14(16-4)15-8-7-13(11-17-15)18(5)10-9-12(2)3/h7-8,11-12,14,16H,6,9-10H2,1-5H3. The molecule has 0 aliphatic rings. The van der Waals surface area contributed by atoms with E-state index in [0.29, 0.717) is 6.04 Å². The average Bonchev–Trinajstić information content (AvgIpc) is 2.38. The van der Waals surface area contributed by atoms with Crippen molar-refractivity contribution in [1.82, 2.24) is 10.3 Å². The van der Waals surface area contributed by atoms with Gasteiger partial charge in [-0.2, -0.15) is 0 Å². The zero-order valence-electron chi connectivity index (χ0n) is 12.4. The Morgan fingerprint density at radius 2 is 2.06 bits per heavy atom. The Morgan fingerprint density at radius 1 is 1.33 bits per heavy atom. The first-order valence-electron chi connectivity index (χ1n) is 6.92. The number of hydrogen-bond acceptors (Lipinski definition) is 3. The number of nitrogens with zero attached hydrogens (tertiary/aromatic N) is 2. The lowest BCUT2D eigenvalue weighted by atomic mass is 10.1. The molecule has 1 N–H and O–H groups in total. The summed E-state index contributed by atoms with van der Waals surface area (Å²) >= 11 is 0. The highest BCUT2D eigenvalue weighted by molar-refractivity contribution is 5.43. The molecule has 0 amide bonds. The molecule has 1 heterocycles. The van der Waals surface area contributed by atoms with Crippen molar-refractivity contribution in [1.29, 1.82) is 0 Å². The fraction of sp³-hybridized carbons (Fsp3) is 0.667. The van der Waals surface area contributed by atoms with E-state index in [0.717, 1.165) is 24.6 Å². The van der Waals surface area contributed by atoms with E-state index in [1.54, 1.807) is 0 Å². The van der Waals surface area contributed by atoms with Gasteiger partial charge in [0, 0.05) is 19.6 Å². The van der Waals surface area contributed by atoms with Gasteiger partial charge in [-0.05, 0) is 37.9 Å². The van der Waals surface area contributed by atoms with Gasteiger partial charge in [0.05, 0.1) is 17.6 Å². The molecule has 3 nitrogen and oxygen atoms in total. The van der Waals surface area contributed by atoms with Crippen molar-refractivity contribution < 1.29 is 0 Å². The molecule has 1 atom stereocenters. The van der Waals surface area contributed by atoms with Crippen molar-refractivity contribution in [3.63, 3.8) is 0 Å². The Labute approximate surface area is 112 Å². The van der Waals surface area contributed by atoms with Crippen molar-refractivity contribution in [2.75, 3.05) is 25.5 Å². The fourth-order valence-corrected chi connectivity index (χ4v) is 1.97. The minimum Gasteiger partial charge on any atom is -0.373 e. The van der Waals surface area contributed by atoms with E-state index < -0.39 is 0 Å². The molecule has 18 heavy (non-hydrogen) atoms. The summed E-state index contributed by atoms with van der Waals surface area (Å²) in [7, 11) is 4.12. The van der Waals surface area contributed by atoms with Gasteiger partial charge >= 0.3 is 0 Å². The summed E-state index contributed by atoms with van der Waals surface area (Å²) in [6, 6.07) is 4.66. The third kappa shape index (κ3) is 4.30. The molecule has 0 saturated carbocycles. The first kappa shape index (κ1) is 15.0. The Morgan fingerprint density at radius 3 is 2.50 bits per heavy atom. The van der Waals surface area contributed by atoms with Gasteiger partial charge < -0.3 is 10.2 Å². The van der Waals surface area contributed by atoms with Crippen LogP contribution >= 0.6 is 0 Å². The molecule has 1 rings (SSSR count). The Bertz CT molecular complexity index is 328. The molecular formula is C15H27N3. The van der Waals surface area contributed by atoms with Gasteiger partial charge in [-0.15, -0.1) is 0 Å². The first-order chi connectivity index (χ1) is 8.58. The molecule has 1 aromatic heterocycles. The summed E-state index contributed by atoms with van der Waals surface area (Å²) in [5.41, 5.74) is 2.33. The zero-order chi connectivity index (χ0) is 13.5. The quantitative estimate of drug-likeness (QED) is 0.804. The van der Waals surface area contributed by atoms with Crippen molar-refractivity contribution in [3.8, 4) is 0 Å². The Hall–Kier alpha value is -1.09. The number of hydrogen-bond donors (Lipinski definition) is 1. The number of rotatable bonds is 7. The molecule has 0 saturated heterocycles. The van der Waals surface area contributed by atoms with Crippen LogP contribution in [0.15, 0.2) is 18.3 Å². The molecule has 3 heteroatoms. The van der Waals surface area contributed by atoms with E-state index in [-0.39, 0.29) is 0 Å². The summed E-state index contributed by atoms with van der Waals surface area (Å²) in [5.74, 6) is 0.744. The molecular weight excluding hydrogens is 222 g/mol. The molecule has 1 aromatic rings. The van der Waals surface area contributed by atoms with Crippen LogP contribution in [0.1, 0.15) is 45.3 Å². The van der Waals surface area contributed by atoms with E-state index >= 15 is 0 Å². The molecule has 0 fully saturated rings. The maximum Gasteiger partial charge on any atom is 0.0574 e. The first-order valence-corrected chi connectivity index (χ1v) is 6.92. The monoisotopic (exact) mass is 249 g/mol. The highest BCUT2D eigenvalue weighted by Crippen LogP contribution is 2.18. The van der Waals surface area contributed by atoms with Crippen LogP contribution in [0.25, 0.3) is 0 Å². The highest BCUT2D eigenvalue weighted by atomic mass is 15.1. The van der Waals surface area contributed by atoms with Crippen LogP contribution in [-0.4, -0.2) is 25.6 Å². The summed E-state index contributed by atoms with van der Waals surface area (Å²) in [5, 5.41) is 3.28. The van der Waals surface area contributed by atoms with E-state index in [4.69, 9.17) is 0 Å². The van der Waals surface area contributed by atoms with Gasteiger partial charge in [0.15, 0.2) is 0 Å². The Balaban J connectivity index is 2.64. The third-order valence-corrected chi connectivity index (χ3v) is 3.37. The lowest BCUT2D eigenvalue weighted by Crippen LogP contribution is -2.21. The molecule has 1 unspecified atom stereocenters. The SMILES string of the molecule is CCC(NC)c1ccc(N(C)CCC(C)C)cn1. The predicted octanol–water partition coefficient (Wildman–Crippen LogP) is 3.23. The number of pyridine rings is 1. The summed E-state index contributed by atoms with van der Waals surface area (Å²) in [4.78, 5) is 6.84. The molecule has 0 bridgehead atoms. The topological polar surface area (TPSA) is 28.2 Å². The van der Waals surface area contributed by atoms with Crippen molar-refractivity contribution in [2.24, 2.45) is 5.92 Å². The number of anilines is 1. The minimum absolute atomic E-state index is 0.361. The van der Waals surface area contributed by atoms with E-state index in [9.17, 15) is 0 Å². The van der Waals surface area contributed by atoms with Gasteiger partial charge in [-0.1, -0.05) is 20.8 Å². The zero-order valence-corrected chi connectivity index (χ0v) is 12.4. The fourth-order valence-electron chi connectivity index (χ4n) is 1.97. The van der Waals surface area contributed by atoms with Crippen LogP contribution < -0.4 is 10.2 Å². The summed E-state index contributed by atoms with van der Waals surface area (Å²) in [6.45, 7) is 7.77. The lowest BCUT2D eigenvalue weighted by molar-refractivity contribution is 0.561. The van der Waals surface area contributed by atoms with Crippen LogP contribution in [0.2, 0.25) is 0 Å². The van der Waals surface area contributed by atoms with Crippen molar-refractivity contribution in [3.05, 3.63) is 24.0 Å². The summed E-state index contributed by atoms with van der Waals surface area (Å²) < 4.78 is 0. The lowest BCUT2D eigenvalue weighted by Gasteiger charge is -2.21. The molecule has 0 aliphatic heterocycles. The van der Waals surface area contributed by atoms with Gasteiger partial charge in [0.25, 0.3) is 0 Å². The van der Waals surface area contributed by atoms with Gasteiger partial charge in [0.1, 0.15) is 0 Å². The predicted molar refractivity (Wildman–Crippen MR) is 79.1 cm³/mol. The van der Waals surface area contributed by atoms with Crippen LogP contribution in [0.4, 0.5) is 5.69 Å². The second-order valence-corrected chi connectivity index (χ2v) is 5.29. The largest absolute Gasteiger partial charge is 0.373 e.